The Balaban J connectivity index is 1.30. The van der Waals surface area contributed by atoms with E-state index in [-0.39, 0.29) is 11.8 Å². The fourth-order valence-corrected chi connectivity index (χ4v) is 4.11. The molecular formula is C26H26N2O3S. The standard InChI is InChI=1S/C26H26N2O3S/c1-30-23-10-4-6-18(14-23)17-31-24-11-5-9-22(16-24)27-26(32)28-25(29)21-13-12-19-7-2-3-8-20(19)15-21/h2-11,14,16,21H,12-13,15,17H2,1H3,(H2,27,28,29,32). The number of benzene rings is 3. The number of nitrogens with one attached hydrogen (secondary N) is 2. The number of thiocarbonyl (C=S) groups is 1. The van der Waals surface area contributed by atoms with Gasteiger partial charge in [0.1, 0.15) is 18.1 Å². The second-order valence-corrected chi connectivity index (χ2v) is 8.23. The topological polar surface area (TPSA) is 59.6 Å². The van der Waals surface area contributed by atoms with Crippen LogP contribution in [0.25, 0.3) is 0 Å². The van der Waals surface area contributed by atoms with Gasteiger partial charge in [-0.1, -0.05) is 42.5 Å². The van der Waals surface area contributed by atoms with Crippen LogP contribution < -0.4 is 20.1 Å². The van der Waals surface area contributed by atoms with Crippen molar-refractivity contribution in [2.45, 2.75) is 25.9 Å². The van der Waals surface area contributed by atoms with E-state index in [9.17, 15) is 4.79 Å². The van der Waals surface area contributed by atoms with Crippen LogP contribution in [0.4, 0.5) is 5.69 Å². The molecule has 0 fully saturated rings. The van der Waals surface area contributed by atoms with Crippen molar-refractivity contribution in [2.75, 3.05) is 12.4 Å². The highest BCUT2D eigenvalue weighted by atomic mass is 32.1. The molecule has 3 aromatic carbocycles. The third kappa shape index (κ3) is 5.65. The van der Waals surface area contributed by atoms with Crippen molar-refractivity contribution in [1.29, 1.82) is 0 Å². The number of hydrogen-bond acceptors (Lipinski definition) is 4. The van der Waals surface area contributed by atoms with E-state index in [1.165, 1.54) is 11.1 Å². The number of anilines is 1. The van der Waals surface area contributed by atoms with Gasteiger partial charge < -0.3 is 20.1 Å². The maximum absolute atomic E-state index is 12.7. The number of carbonyl (C=O) groups excluding carboxylic acids is 1. The fraction of sp³-hybridized carbons (Fsp3) is 0.231. The predicted molar refractivity (Wildman–Crippen MR) is 130 cm³/mol. The first-order valence-corrected chi connectivity index (χ1v) is 11.1. The molecule has 0 bridgehead atoms. The Morgan fingerprint density at radius 3 is 2.62 bits per heavy atom. The van der Waals surface area contributed by atoms with E-state index in [1.807, 2.05) is 60.7 Å². The van der Waals surface area contributed by atoms with Gasteiger partial charge in [0.2, 0.25) is 5.91 Å². The SMILES string of the molecule is COc1cccc(COc2cccc(NC(=S)NC(=O)C3CCc4ccccc4C3)c2)c1. The largest absolute Gasteiger partial charge is 0.497 e. The minimum Gasteiger partial charge on any atom is -0.497 e. The summed E-state index contributed by atoms with van der Waals surface area (Å²) < 4.78 is 11.1. The van der Waals surface area contributed by atoms with E-state index in [0.29, 0.717) is 17.5 Å². The zero-order chi connectivity index (χ0) is 22.3. The zero-order valence-electron chi connectivity index (χ0n) is 18.0. The lowest BCUT2D eigenvalue weighted by molar-refractivity contribution is -0.123. The molecule has 2 N–H and O–H groups in total. The Bertz CT molecular complexity index is 1120. The van der Waals surface area contributed by atoms with Crippen molar-refractivity contribution in [2.24, 2.45) is 5.92 Å². The van der Waals surface area contributed by atoms with Crippen LogP contribution >= 0.6 is 12.2 Å². The van der Waals surface area contributed by atoms with Gasteiger partial charge in [-0.2, -0.15) is 0 Å². The monoisotopic (exact) mass is 446 g/mol. The molecule has 32 heavy (non-hydrogen) atoms. The summed E-state index contributed by atoms with van der Waals surface area (Å²) in [5.74, 6) is 1.39. The first kappa shape index (κ1) is 21.8. The molecule has 1 unspecified atom stereocenters. The Kier molecular flexibility index (Phi) is 7.02. The summed E-state index contributed by atoms with van der Waals surface area (Å²) in [5, 5.41) is 6.22. The van der Waals surface area contributed by atoms with Crippen molar-refractivity contribution in [3.05, 3.63) is 89.5 Å². The van der Waals surface area contributed by atoms with E-state index in [1.54, 1.807) is 7.11 Å². The third-order valence-corrected chi connectivity index (χ3v) is 5.79. The van der Waals surface area contributed by atoms with Gasteiger partial charge in [-0.25, -0.2) is 0 Å². The molecule has 0 aromatic heterocycles. The van der Waals surface area contributed by atoms with Crippen LogP contribution in [0.2, 0.25) is 0 Å². The predicted octanol–water partition coefficient (Wildman–Crippen LogP) is 4.89. The normalized spacial score (nSPS) is 14.7. The van der Waals surface area contributed by atoms with Crippen LogP contribution in [-0.4, -0.2) is 18.1 Å². The summed E-state index contributed by atoms with van der Waals surface area (Å²) in [6.45, 7) is 0.422. The van der Waals surface area contributed by atoms with Crippen molar-refractivity contribution < 1.29 is 14.3 Å². The van der Waals surface area contributed by atoms with Gasteiger partial charge in [0.15, 0.2) is 5.11 Å². The highest BCUT2D eigenvalue weighted by molar-refractivity contribution is 7.80. The molecule has 1 aliphatic carbocycles. The first-order chi connectivity index (χ1) is 15.6. The van der Waals surface area contributed by atoms with Crippen molar-refractivity contribution in [3.63, 3.8) is 0 Å². The first-order valence-electron chi connectivity index (χ1n) is 10.6. The van der Waals surface area contributed by atoms with Crippen LogP contribution in [0.1, 0.15) is 23.1 Å². The Morgan fingerprint density at radius 1 is 1.00 bits per heavy atom. The summed E-state index contributed by atoms with van der Waals surface area (Å²) in [6.07, 6.45) is 2.50. The number of rotatable bonds is 6. The van der Waals surface area contributed by atoms with Crippen molar-refractivity contribution >= 4 is 28.9 Å². The van der Waals surface area contributed by atoms with Crippen molar-refractivity contribution in [1.82, 2.24) is 5.32 Å². The molecule has 0 heterocycles. The third-order valence-electron chi connectivity index (χ3n) is 5.59. The molecule has 0 spiro atoms. The molecule has 6 heteroatoms. The average molecular weight is 447 g/mol. The molecular weight excluding hydrogens is 420 g/mol. The summed E-state index contributed by atoms with van der Waals surface area (Å²) in [6, 6.07) is 23.6. The number of ether oxygens (including phenoxy) is 2. The lowest BCUT2D eigenvalue weighted by atomic mass is 9.83. The van der Waals surface area contributed by atoms with Gasteiger partial charge >= 0.3 is 0 Å². The number of amides is 1. The van der Waals surface area contributed by atoms with Crippen molar-refractivity contribution in [3.8, 4) is 11.5 Å². The maximum Gasteiger partial charge on any atom is 0.229 e. The quantitative estimate of drug-likeness (QED) is 0.528. The average Bonchev–Trinajstić information content (AvgIpc) is 2.82. The number of hydrogen-bond donors (Lipinski definition) is 2. The molecule has 4 rings (SSSR count). The van der Waals surface area contributed by atoms with E-state index in [4.69, 9.17) is 21.7 Å². The highest BCUT2D eigenvalue weighted by Gasteiger charge is 2.24. The van der Waals surface area contributed by atoms with Gasteiger partial charge in [0, 0.05) is 17.7 Å². The Hall–Kier alpha value is -3.38. The molecule has 1 amide bonds. The van der Waals surface area contributed by atoms with Crippen LogP contribution in [-0.2, 0) is 24.2 Å². The number of carbonyl (C=O) groups is 1. The van der Waals surface area contributed by atoms with Crippen LogP contribution in [0.15, 0.2) is 72.8 Å². The Labute approximate surface area is 193 Å². The molecule has 0 radical (unpaired) electrons. The van der Waals surface area contributed by atoms with Crippen LogP contribution in [0.5, 0.6) is 11.5 Å². The van der Waals surface area contributed by atoms with E-state index >= 15 is 0 Å². The van der Waals surface area contributed by atoms with Crippen LogP contribution in [0.3, 0.4) is 0 Å². The summed E-state index contributed by atoms with van der Waals surface area (Å²) in [5.41, 5.74) is 4.36. The van der Waals surface area contributed by atoms with E-state index < -0.39 is 0 Å². The summed E-state index contributed by atoms with van der Waals surface area (Å²) in [4.78, 5) is 12.7. The Morgan fingerprint density at radius 2 is 1.78 bits per heavy atom. The number of fused-ring (bicyclic) bond motifs is 1. The molecule has 0 saturated carbocycles. The highest BCUT2D eigenvalue weighted by Crippen LogP contribution is 2.25. The minimum absolute atomic E-state index is 0.0394. The molecule has 164 valence electrons. The molecule has 1 aliphatic rings. The van der Waals surface area contributed by atoms with Gasteiger partial charge in [-0.3, -0.25) is 4.79 Å². The second kappa shape index (κ2) is 10.3. The minimum atomic E-state index is -0.0674. The van der Waals surface area contributed by atoms with Gasteiger partial charge in [0.05, 0.1) is 7.11 Å². The van der Waals surface area contributed by atoms with Gasteiger partial charge in [-0.15, -0.1) is 0 Å². The number of methoxy groups -OCH3 is 1. The smallest absolute Gasteiger partial charge is 0.229 e. The second-order valence-electron chi connectivity index (χ2n) is 7.82. The maximum atomic E-state index is 12.7. The lowest BCUT2D eigenvalue weighted by Gasteiger charge is -2.24. The molecule has 1 atom stereocenters. The number of aryl methyl sites for hydroxylation is 1. The lowest BCUT2D eigenvalue weighted by Crippen LogP contribution is -2.40. The molecule has 5 nitrogen and oxygen atoms in total. The molecule has 0 saturated heterocycles. The van der Waals surface area contributed by atoms with Crippen LogP contribution in [0, 0.1) is 5.92 Å². The molecule has 3 aromatic rings. The van der Waals surface area contributed by atoms with E-state index in [2.05, 4.69) is 22.8 Å². The van der Waals surface area contributed by atoms with E-state index in [0.717, 1.165) is 36.3 Å². The van der Waals surface area contributed by atoms with Gasteiger partial charge in [0.25, 0.3) is 0 Å². The fourth-order valence-electron chi connectivity index (χ4n) is 3.89. The summed E-state index contributed by atoms with van der Waals surface area (Å²) in [7, 11) is 1.64. The zero-order valence-corrected chi connectivity index (χ0v) is 18.8. The molecule has 0 aliphatic heterocycles. The van der Waals surface area contributed by atoms with Gasteiger partial charge in [-0.05, 0) is 72.4 Å². The summed E-state index contributed by atoms with van der Waals surface area (Å²) >= 11 is 5.37.